The summed E-state index contributed by atoms with van der Waals surface area (Å²) >= 11 is 0. The van der Waals surface area contributed by atoms with E-state index < -0.39 is 0 Å². The van der Waals surface area contributed by atoms with Crippen molar-refractivity contribution in [3.05, 3.63) is 0 Å². The molecular formula is C14H28N2O2. The second-order valence-corrected chi connectivity index (χ2v) is 4.95. The van der Waals surface area contributed by atoms with E-state index in [1.165, 1.54) is 32.4 Å². The van der Waals surface area contributed by atoms with E-state index in [-0.39, 0.29) is 12.0 Å². The fraction of sp³-hybridized carbons (Fsp3) is 0.929. The molecule has 1 rings (SSSR count). The third-order valence-corrected chi connectivity index (χ3v) is 3.42. The number of carbonyl (C=O) groups is 1. The Balaban J connectivity index is 2.21. The monoisotopic (exact) mass is 256 g/mol. The molecule has 0 saturated carbocycles. The lowest BCUT2D eigenvalue weighted by atomic mass is 10.1. The zero-order valence-electron chi connectivity index (χ0n) is 11.9. The summed E-state index contributed by atoms with van der Waals surface area (Å²) in [6.07, 6.45) is 5.86. The summed E-state index contributed by atoms with van der Waals surface area (Å²) in [4.78, 5) is 14.2. The van der Waals surface area contributed by atoms with Crippen molar-refractivity contribution in [1.29, 1.82) is 0 Å². The molecule has 0 spiro atoms. The number of piperidine rings is 1. The average Bonchev–Trinajstić information content (AvgIpc) is 2.39. The quantitative estimate of drug-likeness (QED) is 0.672. The molecule has 4 nitrogen and oxygen atoms in total. The summed E-state index contributed by atoms with van der Waals surface area (Å²) in [6.45, 7) is 8.75. The van der Waals surface area contributed by atoms with Gasteiger partial charge < -0.3 is 15.0 Å². The zero-order chi connectivity index (χ0) is 13.2. The summed E-state index contributed by atoms with van der Waals surface area (Å²) in [5, 5.41) is 3.34. The Morgan fingerprint density at radius 2 is 2.00 bits per heavy atom. The lowest BCUT2D eigenvalue weighted by molar-refractivity contribution is -0.145. The van der Waals surface area contributed by atoms with Crippen molar-refractivity contribution in [2.45, 2.75) is 52.0 Å². The van der Waals surface area contributed by atoms with Crippen LogP contribution in [0.5, 0.6) is 0 Å². The average molecular weight is 256 g/mol. The molecule has 1 N–H and O–H groups in total. The maximum Gasteiger partial charge on any atom is 0.323 e. The van der Waals surface area contributed by atoms with Crippen LogP contribution in [0.3, 0.4) is 0 Å². The molecule has 0 aliphatic carbocycles. The van der Waals surface area contributed by atoms with Gasteiger partial charge >= 0.3 is 5.97 Å². The lowest BCUT2D eigenvalue weighted by Gasteiger charge is -2.27. The van der Waals surface area contributed by atoms with Crippen molar-refractivity contribution in [3.63, 3.8) is 0 Å². The van der Waals surface area contributed by atoms with Crippen LogP contribution in [-0.4, -0.2) is 49.7 Å². The number of rotatable bonds is 8. The molecule has 0 radical (unpaired) electrons. The van der Waals surface area contributed by atoms with Crippen LogP contribution >= 0.6 is 0 Å². The highest BCUT2D eigenvalue weighted by atomic mass is 16.5. The number of carbonyl (C=O) groups excluding carboxylic acids is 1. The normalized spacial score (nSPS) is 18.6. The summed E-state index contributed by atoms with van der Waals surface area (Å²) in [6, 6.07) is -0.125. The van der Waals surface area contributed by atoms with E-state index >= 15 is 0 Å². The van der Waals surface area contributed by atoms with E-state index in [1.54, 1.807) is 0 Å². The predicted molar refractivity (Wildman–Crippen MR) is 73.6 cm³/mol. The minimum Gasteiger partial charge on any atom is -0.465 e. The van der Waals surface area contributed by atoms with Crippen LogP contribution in [0, 0.1) is 0 Å². The third kappa shape index (κ3) is 5.83. The molecule has 1 saturated heterocycles. The standard InChI is InChI=1S/C14H28N2O2/c1-3-8-13(14(17)18-4-2)15-9-12-16-10-6-5-7-11-16/h13,15H,3-12H2,1-2H3. The van der Waals surface area contributed by atoms with Crippen LogP contribution in [0.25, 0.3) is 0 Å². The predicted octanol–water partition coefficient (Wildman–Crippen LogP) is 1.79. The molecule has 1 aliphatic rings. The maximum absolute atomic E-state index is 11.7. The fourth-order valence-corrected chi connectivity index (χ4v) is 2.41. The molecule has 4 heteroatoms. The van der Waals surface area contributed by atoms with Crippen LogP contribution in [0.2, 0.25) is 0 Å². The number of hydrogen-bond donors (Lipinski definition) is 1. The summed E-state index contributed by atoms with van der Waals surface area (Å²) in [5.41, 5.74) is 0. The first-order valence-electron chi connectivity index (χ1n) is 7.40. The van der Waals surface area contributed by atoms with E-state index in [1.807, 2.05) is 6.92 Å². The molecule has 18 heavy (non-hydrogen) atoms. The molecular weight excluding hydrogens is 228 g/mol. The molecule has 1 heterocycles. The van der Waals surface area contributed by atoms with Gasteiger partial charge in [0.25, 0.3) is 0 Å². The van der Waals surface area contributed by atoms with E-state index in [4.69, 9.17) is 4.74 Å². The topological polar surface area (TPSA) is 41.6 Å². The van der Waals surface area contributed by atoms with Gasteiger partial charge in [-0.1, -0.05) is 19.8 Å². The second-order valence-electron chi connectivity index (χ2n) is 4.95. The zero-order valence-corrected chi connectivity index (χ0v) is 11.9. The first-order valence-corrected chi connectivity index (χ1v) is 7.40. The van der Waals surface area contributed by atoms with Crippen LogP contribution < -0.4 is 5.32 Å². The van der Waals surface area contributed by atoms with Crippen molar-refractivity contribution >= 4 is 5.97 Å². The van der Waals surface area contributed by atoms with Gasteiger partial charge in [0.15, 0.2) is 0 Å². The Morgan fingerprint density at radius 1 is 1.28 bits per heavy atom. The number of esters is 1. The molecule has 1 fully saturated rings. The van der Waals surface area contributed by atoms with Gasteiger partial charge in [0.05, 0.1) is 6.61 Å². The number of hydrogen-bond acceptors (Lipinski definition) is 4. The molecule has 1 atom stereocenters. The maximum atomic E-state index is 11.7. The van der Waals surface area contributed by atoms with Gasteiger partial charge in [-0.2, -0.15) is 0 Å². The highest BCUT2D eigenvalue weighted by molar-refractivity contribution is 5.75. The highest BCUT2D eigenvalue weighted by Gasteiger charge is 2.18. The first kappa shape index (κ1) is 15.4. The van der Waals surface area contributed by atoms with E-state index in [9.17, 15) is 4.79 Å². The van der Waals surface area contributed by atoms with Crippen molar-refractivity contribution in [3.8, 4) is 0 Å². The number of nitrogens with one attached hydrogen (secondary N) is 1. The summed E-state index contributed by atoms with van der Waals surface area (Å²) < 4.78 is 5.08. The molecule has 0 aromatic heterocycles. The fourth-order valence-electron chi connectivity index (χ4n) is 2.41. The Bertz CT molecular complexity index is 228. The lowest BCUT2D eigenvalue weighted by Crippen LogP contribution is -2.43. The van der Waals surface area contributed by atoms with Gasteiger partial charge in [-0.25, -0.2) is 0 Å². The molecule has 0 aromatic carbocycles. The Kier molecular flexibility index (Phi) is 8.01. The van der Waals surface area contributed by atoms with Crippen LogP contribution in [-0.2, 0) is 9.53 Å². The van der Waals surface area contributed by atoms with Crippen LogP contribution in [0.15, 0.2) is 0 Å². The largest absolute Gasteiger partial charge is 0.465 e. The third-order valence-electron chi connectivity index (χ3n) is 3.42. The van der Waals surface area contributed by atoms with E-state index in [0.717, 1.165) is 25.9 Å². The minimum absolute atomic E-state index is 0.0991. The molecule has 106 valence electrons. The molecule has 1 unspecified atom stereocenters. The minimum atomic E-state index is -0.125. The van der Waals surface area contributed by atoms with Gasteiger partial charge in [-0.05, 0) is 39.3 Å². The van der Waals surface area contributed by atoms with Crippen molar-refractivity contribution in [2.24, 2.45) is 0 Å². The van der Waals surface area contributed by atoms with E-state index in [0.29, 0.717) is 6.61 Å². The van der Waals surface area contributed by atoms with Crippen LogP contribution in [0.4, 0.5) is 0 Å². The van der Waals surface area contributed by atoms with Gasteiger partial charge in [-0.3, -0.25) is 4.79 Å². The Labute approximate surface area is 111 Å². The Hall–Kier alpha value is -0.610. The number of ether oxygens (including phenoxy) is 1. The van der Waals surface area contributed by atoms with Crippen molar-refractivity contribution < 1.29 is 9.53 Å². The summed E-state index contributed by atoms with van der Waals surface area (Å²) in [7, 11) is 0. The SMILES string of the molecule is CCCC(NCCN1CCCCC1)C(=O)OCC. The van der Waals surface area contributed by atoms with Gasteiger partial charge in [0, 0.05) is 13.1 Å². The second kappa shape index (κ2) is 9.34. The van der Waals surface area contributed by atoms with Crippen LogP contribution in [0.1, 0.15) is 46.0 Å². The molecule has 0 amide bonds. The highest BCUT2D eigenvalue weighted by Crippen LogP contribution is 2.07. The van der Waals surface area contributed by atoms with Gasteiger partial charge in [0.1, 0.15) is 6.04 Å². The smallest absolute Gasteiger partial charge is 0.323 e. The molecule has 1 aliphatic heterocycles. The van der Waals surface area contributed by atoms with Crippen molar-refractivity contribution in [1.82, 2.24) is 10.2 Å². The number of nitrogens with zero attached hydrogens (tertiary/aromatic N) is 1. The Morgan fingerprint density at radius 3 is 2.61 bits per heavy atom. The summed E-state index contributed by atoms with van der Waals surface area (Å²) in [5.74, 6) is -0.0991. The van der Waals surface area contributed by atoms with Gasteiger partial charge in [-0.15, -0.1) is 0 Å². The molecule has 0 bridgehead atoms. The van der Waals surface area contributed by atoms with Gasteiger partial charge in [0.2, 0.25) is 0 Å². The molecule has 0 aromatic rings. The first-order chi connectivity index (χ1) is 8.77. The van der Waals surface area contributed by atoms with E-state index in [2.05, 4.69) is 17.1 Å². The number of likely N-dealkylation sites (tertiary alicyclic amines) is 1. The van der Waals surface area contributed by atoms with Crippen molar-refractivity contribution in [2.75, 3.05) is 32.8 Å².